The molecule has 0 fully saturated rings. The molecule has 0 aromatic heterocycles. The van der Waals surface area contributed by atoms with Gasteiger partial charge in [-0.1, -0.05) is 18.2 Å². The Morgan fingerprint density at radius 3 is 2.38 bits per heavy atom. The van der Waals surface area contributed by atoms with E-state index in [1.165, 1.54) is 0 Å². The summed E-state index contributed by atoms with van der Waals surface area (Å²) in [4.78, 5) is 23.0. The van der Waals surface area contributed by atoms with Crippen molar-refractivity contribution >= 4 is 11.9 Å². The molecule has 1 amide bonds. The maximum absolute atomic E-state index is 11.7. The maximum atomic E-state index is 11.7. The SMILES string of the molecule is Cc1cccc(C)c1OCC(=O)NCCC(=O)OC(C)C. The van der Waals surface area contributed by atoms with Crippen molar-refractivity contribution in [2.24, 2.45) is 0 Å². The highest BCUT2D eigenvalue weighted by Crippen LogP contribution is 2.21. The van der Waals surface area contributed by atoms with Crippen LogP contribution in [0.25, 0.3) is 0 Å². The Hall–Kier alpha value is -2.04. The Morgan fingerprint density at radius 2 is 1.81 bits per heavy atom. The van der Waals surface area contributed by atoms with E-state index in [0.717, 1.165) is 16.9 Å². The van der Waals surface area contributed by atoms with Gasteiger partial charge in [0.1, 0.15) is 5.75 Å². The first-order chi connectivity index (χ1) is 9.90. The highest BCUT2D eigenvalue weighted by Gasteiger charge is 2.09. The average Bonchev–Trinajstić information content (AvgIpc) is 2.37. The zero-order chi connectivity index (χ0) is 15.8. The number of ether oxygens (including phenoxy) is 2. The highest BCUT2D eigenvalue weighted by molar-refractivity contribution is 5.78. The first-order valence-electron chi connectivity index (χ1n) is 7.05. The standard InChI is InChI=1S/C16H23NO4/c1-11(2)21-15(19)8-9-17-14(18)10-20-16-12(3)6-5-7-13(16)4/h5-7,11H,8-10H2,1-4H3,(H,17,18). The van der Waals surface area contributed by atoms with Crippen LogP contribution in [0.3, 0.4) is 0 Å². The van der Waals surface area contributed by atoms with Crippen LogP contribution in [-0.4, -0.2) is 31.1 Å². The number of esters is 1. The number of aryl methyl sites for hydroxylation is 2. The van der Waals surface area contributed by atoms with Crippen LogP contribution in [-0.2, 0) is 14.3 Å². The van der Waals surface area contributed by atoms with Crippen LogP contribution in [0.4, 0.5) is 0 Å². The molecule has 1 rings (SSSR count). The predicted molar refractivity (Wildman–Crippen MR) is 80.3 cm³/mol. The Kier molecular flexibility index (Phi) is 6.72. The lowest BCUT2D eigenvalue weighted by Crippen LogP contribution is -2.31. The molecular formula is C16H23NO4. The first kappa shape index (κ1) is 17.0. The smallest absolute Gasteiger partial charge is 0.307 e. The minimum Gasteiger partial charge on any atom is -0.483 e. The number of carbonyl (C=O) groups excluding carboxylic acids is 2. The van der Waals surface area contributed by atoms with E-state index < -0.39 is 0 Å². The summed E-state index contributed by atoms with van der Waals surface area (Å²) in [6, 6.07) is 5.81. The molecule has 1 aromatic rings. The highest BCUT2D eigenvalue weighted by atomic mass is 16.5. The van der Waals surface area contributed by atoms with Crippen molar-refractivity contribution in [3.05, 3.63) is 29.3 Å². The molecule has 0 bridgehead atoms. The van der Waals surface area contributed by atoms with Crippen LogP contribution in [0, 0.1) is 13.8 Å². The third-order valence-corrected chi connectivity index (χ3v) is 2.77. The van der Waals surface area contributed by atoms with Crippen LogP contribution < -0.4 is 10.1 Å². The molecule has 116 valence electrons. The predicted octanol–water partition coefficient (Wildman–Crippen LogP) is 2.14. The number of amides is 1. The van der Waals surface area contributed by atoms with Crippen molar-refractivity contribution in [1.82, 2.24) is 5.32 Å². The van der Waals surface area contributed by atoms with Crippen LogP contribution in [0.1, 0.15) is 31.4 Å². The van der Waals surface area contributed by atoms with Gasteiger partial charge in [-0.3, -0.25) is 9.59 Å². The Labute approximate surface area is 125 Å². The summed E-state index contributed by atoms with van der Waals surface area (Å²) in [5.41, 5.74) is 1.98. The quantitative estimate of drug-likeness (QED) is 0.782. The van der Waals surface area contributed by atoms with E-state index in [2.05, 4.69) is 5.32 Å². The maximum Gasteiger partial charge on any atom is 0.307 e. The largest absolute Gasteiger partial charge is 0.483 e. The number of para-hydroxylation sites is 1. The van der Waals surface area contributed by atoms with E-state index in [1.54, 1.807) is 13.8 Å². The fraction of sp³-hybridized carbons (Fsp3) is 0.500. The van der Waals surface area contributed by atoms with Crippen LogP contribution in [0.15, 0.2) is 18.2 Å². The van der Waals surface area contributed by atoms with Gasteiger partial charge in [0.15, 0.2) is 6.61 Å². The van der Waals surface area contributed by atoms with Gasteiger partial charge in [-0.2, -0.15) is 0 Å². The van der Waals surface area contributed by atoms with Gasteiger partial charge >= 0.3 is 5.97 Å². The fourth-order valence-corrected chi connectivity index (χ4v) is 1.84. The molecule has 0 radical (unpaired) electrons. The van der Waals surface area contributed by atoms with E-state index in [4.69, 9.17) is 9.47 Å². The van der Waals surface area contributed by atoms with Crippen molar-refractivity contribution in [2.45, 2.75) is 40.2 Å². The average molecular weight is 293 g/mol. The van der Waals surface area contributed by atoms with Crippen molar-refractivity contribution in [3.63, 3.8) is 0 Å². The number of carbonyl (C=O) groups is 2. The molecule has 0 saturated carbocycles. The van der Waals surface area contributed by atoms with E-state index in [-0.39, 0.29) is 37.6 Å². The number of benzene rings is 1. The van der Waals surface area contributed by atoms with Crippen molar-refractivity contribution in [3.8, 4) is 5.75 Å². The Balaban J connectivity index is 2.30. The van der Waals surface area contributed by atoms with Gasteiger partial charge in [-0.05, 0) is 38.8 Å². The molecule has 0 atom stereocenters. The molecule has 5 heteroatoms. The topological polar surface area (TPSA) is 64.6 Å². The lowest BCUT2D eigenvalue weighted by Gasteiger charge is -2.12. The van der Waals surface area contributed by atoms with Gasteiger partial charge in [0.25, 0.3) is 5.91 Å². The summed E-state index contributed by atoms with van der Waals surface area (Å²) in [5.74, 6) is 0.155. The molecule has 5 nitrogen and oxygen atoms in total. The summed E-state index contributed by atoms with van der Waals surface area (Å²) in [7, 11) is 0. The number of nitrogens with one attached hydrogen (secondary N) is 1. The second kappa shape index (κ2) is 8.29. The van der Waals surface area contributed by atoms with Crippen LogP contribution in [0.2, 0.25) is 0 Å². The normalized spacial score (nSPS) is 10.3. The minimum absolute atomic E-state index is 0.0646. The molecule has 0 aliphatic rings. The Morgan fingerprint density at radius 1 is 1.19 bits per heavy atom. The van der Waals surface area contributed by atoms with E-state index >= 15 is 0 Å². The van der Waals surface area contributed by atoms with Gasteiger partial charge in [0.2, 0.25) is 0 Å². The molecule has 21 heavy (non-hydrogen) atoms. The van der Waals surface area contributed by atoms with Gasteiger partial charge < -0.3 is 14.8 Å². The monoisotopic (exact) mass is 293 g/mol. The molecule has 0 saturated heterocycles. The number of hydrogen-bond donors (Lipinski definition) is 1. The van der Waals surface area contributed by atoms with Gasteiger partial charge in [-0.25, -0.2) is 0 Å². The third kappa shape index (κ3) is 6.29. The summed E-state index contributed by atoms with van der Waals surface area (Å²) < 4.78 is 10.5. The van der Waals surface area contributed by atoms with Crippen LogP contribution in [0.5, 0.6) is 5.75 Å². The molecule has 0 heterocycles. The lowest BCUT2D eigenvalue weighted by atomic mass is 10.1. The van der Waals surface area contributed by atoms with Gasteiger partial charge in [-0.15, -0.1) is 0 Å². The van der Waals surface area contributed by atoms with Gasteiger partial charge in [0, 0.05) is 6.54 Å². The molecule has 1 N–H and O–H groups in total. The van der Waals surface area contributed by atoms with E-state index in [1.807, 2.05) is 32.0 Å². The van der Waals surface area contributed by atoms with Crippen LogP contribution >= 0.6 is 0 Å². The number of rotatable bonds is 7. The Bertz CT molecular complexity index is 477. The third-order valence-electron chi connectivity index (χ3n) is 2.77. The summed E-state index contributed by atoms with van der Waals surface area (Å²) in [6.45, 7) is 7.62. The van der Waals surface area contributed by atoms with E-state index in [9.17, 15) is 9.59 Å². The molecule has 0 aliphatic heterocycles. The minimum atomic E-state index is -0.319. The van der Waals surface area contributed by atoms with Crippen molar-refractivity contribution < 1.29 is 19.1 Å². The zero-order valence-corrected chi connectivity index (χ0v) is 13.1. The molecule has 0 aliphatic carbocycles. The molecule has 0 spiro atoms. The fourth-order valence-electron chi connectivity index (χ4n) is 1.84. The molecule has 0 unspecified atom stereocenters. The van der Waals surface area contributed by atoms with Crippen molar-refractivity contribution in [2.75, 3.05) is 13.2 Å². The summed E-state index contributed by atoms with van der Waals surface area (Å²) >= 11 is 0. The number of hydrogen-bond acceptors (Lipinski definition) is 4. The zero-order valence-electron chi connectivity index (χ0n) is 13.1. The summed E-state index contributed by atoms with van der Waals surface area (Å²) in [6.07, 6.45) is 0.0217. The second-order valence-corrected chi connectivity index (χ2v) is 5.15. The van der Waals surface area contributed by atoms with E-state index in [0.29, 0.717) is 0 Å². The lowest BCUT2D eigenvalue weighted by molar-refractivity contribution is -0.147. The molecule has 1 aromatic carbocycles. The second-order valence-electron chi connectivity index (χ2n) is 5.15. The van der Waals surface area contributed by atoms with Crippen molar-refractivity contribution in [1.29, 1.82) is 0 Å². The van der Waals surface area contributed by atoms with Gasteiger partial charge in [0.05, 0.1) is 12.5 Å². The first-order valence-corrected chi connectivity index (χ1v) is 7.05. The molecular weight excluding hydrogens is 270 g/mol. The summed E-state index contributed by atoms with van der Waals surface area (Å²) in [5, 5.41) is 2.63.